The van der Waals surface area contributed by atoms with Gasteiger partial charge in [0, 0.05) is 9.62 Å². The maximum atomic E-state index is 15.2. The van der Waals surface area contributed by atoms with Crippen molar-refractivity contribution in [1.29, 1.82) is 0 Å². The SMILES string of the molecule is CC1(C)S[C@H]2N(C(=O)[C@]2(F)NC(=O)C(N)c2ccc(Cl)s2)[C@H]1C(=O)O. The number of alkyl halides is 1. The third-order valence-electron chi connectivity index (χ3n) is 4.21. The first-order chi connectivity index (χ1) is 11.5. The van der Waals surface area contributed by atoms with Crippen molar-refractivity contribution < 1.29 is 23.9 Å². The highest BCUT2D eigenvalue weighted by Crippen LogP contribution is 2.55. The zero-order valence-electron chi connectivity index (χ0n) is 13.2. The molecule has 2 aliphatic rings. The van der Waals surface area contributed by atoms with Gasteiger partial charge in [0.05, 0.1) is 4.34 Å². The molecular weight excluding hydrogens is 393 g/mol. The second-order valence-electron chi connectivity index (χ2n) is 6.35. The molecule has 0 aliphatic carbocycles. The van der Waals surface area contributed by atoms with E-state index in [9.17, 15) is 19.5 Å². The Kier molecular flexibility index (Phi) is 4.30. The molecule has 0 spiro atoms. The smallest absolute Gasteiger partial charge is 0.327 e. The monoisotopic (exact) mass is 407 g/mol. The van der Waals surface area contributed by atoms with E-state index < -0.39 is 45.8 Å². The van der Waals surface area contributed by atoms with Crippen LogP contribution >= 0.6 is 34.7 Å². The summed E-state index contributed by atoms with van der Waals surface area (Å²) in [5, 5.41) is 10.3. The van der Waals surface area contributed by atoms with Crippen LogP contribution in [0.3, 0.4) is 0 Å². The van der Waals surface area contributed by atoms with Crippen LogP contribution in [0.2, 0.25) is 4.34 Å². The van der Waals surface area contributed by atoms with Crippen molar-refractivity contribution in [3.05, 3.63) is 21.3 Å². The number of aliphatic carboxylic acids is 1. The summed E-state index contributed by atoms with van der Waals surface area (Å²) in [6.45, 7) is 3.23. The summed E-state index contributed by atoms with van der Waals surface area (Å²) in [5.74, 6) is -5.84. The fraction of sp³-hybridized carbons (Fsp3) is 0.500. The Labute approximate surface area is 155 Å². The number of hydrogen-bond acceptors (Lipinski definition) is 6. The number of carbonyl (C=O) groups is 3. The van der Waals surface area contributed by atoms with E-state index >= 15 is 4.39 Å². The zero-order valence-corrected chi connectivity index (χ0v) is 15.5. The van der Waals surface area contributed by atoms with Gasteiger partial charge in [0.25, 0.3) is 11.7 Å². The molecule has 1 unspecified atom stereocenters. The molecule has 7 nitrogen and oxygen atoms in total. The lowest BCUT2D eigenvalue weighted by molar-refractivity contribution is -0.182. The summed E-state index contributed by atoms with van der Waals surface area (Å²) in [6, 6.07) is 0.760. The van der Waals surface area contributed by atoms with Gasteiger partial charge in [-0.15, -0.1) is 23.1 Å². The number of nitrogens with zero attached hydrogens (tertiary/aromatic N) is 1. The molecule has 2 fully saturated rings. The number of rotatable bonds is 4. The molecule has 4 atom stereocenters. The molecule has 1 aromatic heterocycles. The van der Waals surface area contributed by atoms with Gasteiger partial charge in [0.2, 0.25) is 5.91 Å². The first-order valence-corrected chi connectivity index (χ1v) is 9.31. The van der Waals surface area contributed by atoms with Crippen molar-refractivity contribution in [1.82, 2.24) is 10.2 Å². The van der Waals surface area contributed by atoms with Crippen LogP contribution in [0.1, 0.15) is 24.8 Å². The summed E-state index contributed by atoms with van der Waals surface area (Å²) in [4.78, 5) is 37.4. The number of halogens is 2. The average Bonchev–Trinajstić information content (AvgIpc) is 3.05. The molecule has 11 heteroatoms. The highest BCUT2D eigenvalue weighted by molar-refractivity contribution is 8.01. The lowest BCUT2D eigenvalue weighted by Gasteiger charge is -2.47. The van der Waals surface area contributed by atoms with E-state index in [1.165, 1.54) is 0 Å². The minimum absolute atomic E-state index is 0.427. The van der Waals surface area contributed by atoms with Crippen LogP contribution in [0.5, 0.6) is 0 Å². The molecule has 2 saturated heterocycles. The second-order valence-corrected chi connectivity index (χ2v) is 9.83. The van der Waals surface area contributed by atoms with Gasteiger partial charge in [-0.1, -0.05) is 11.6 Å². The summed E-state index contributed by atoms with van der Waals surface area (Å²) < 4.78 is 14.7. The van der Waals surface area contributed by atoms with E-state index in [0.29, 0.717) is 9.21 Å². The van der Waals surface area contributed by atoms with Gasteiger partial charge >= 0.3 is 5.97 Å². The normalized spacial score (nSPS) is 31.2. The van der Waals surface area contributed by atoms with Crippen molar-refractivity contribution in [3.8, 4) is 0 Å². The number of nitrogens with two attached hydrogens (primary N) is 1. The lowest BCUT2D eigenvalue weighted by Crippen LogP contribution is -2.77. The van der Waals surface area contributed by atoms with Crippen molar-refractivity contribution in [2.24, 2.45) is 5.73 Å². The number of carboxylic acids is 1. The molecule has 4 N–H and O–H groups in total. The zero-order chi connectivity index (χ0) is 18.7. The van der Waals surface area contributed by atoms with Crippen LogP contribution in [-0.2, 0) is 14.4 Å². The largest absolute Gasteiger partial charge is 0.480 e. The fourth-order valence-corrected chi connectivity index (χ4v) is 5.65. The minimum Gasteiger partial charge on any atom is -0.480 e. The van der Waals surface area contributed by atoms with Gasteiger partial charge in [0.1, 0.15) is 17.5 Å². The topological polar surface area (TPSA) is 113 Å². The third kappa shape index (κ3) is 2.71. The fourth-order valence-electron chi connectivity index (χ4n) is 3.02. The van der Waals surface area contributed by atoms with Crippen LogP contribution < -0.4 is 11.1 Å². The maximum absolute atomic E-state index is 15.2. The molecule has 0 bridgehead atoms. The van der Waals surface area contributed by atoms with E-state index in [1.54, 1.807) is 26.0 Å². The number of amides is 2. The van der Waals surface area contributed by atoms with Crippen molar-refractivity contribution in [3.63, 3.8) is 0 Å². The van der Waals surface area contributed by atoms with Crippen LogP contribution in [0, 0.1) is 0 Å². The number of nitrogens with one attached hydrogen (secondary N) is 1. The number of hydrogen-bond donors (Lipinski definition) is 3. The first kappa shape index (κ1) is 18.4. The number of β-lactam (4-membered cyclic amide) rings is 1. The van der Waals surface area contributed by atoms with Crippen molar-refractivity contribution in [2.75, 3.05) is 0 Å². The standard InChI is InChI=1S/C14H15ClFN3O4S2/c1-13(2)8(10(21)22)19-11(23)14(16,12(19)25-13)18-9(20)7(17)5-3-4-6(15)24-5/h3-4,7-8,12H,17H2,1-2H3,(H,18,20)(H,21,22)/t7?,8-,12+,14-/m0/s1. The highest BCUT2D eigenvalue weighted by atomic mass is 35.5. The lowest BCUT2D eigenvalue weighted by atomic mass is 9.94. The third-order valence-corrected chi connectivity index (χ3v) is 7.13. The van der Waals surface area contributed by atoms with E-state index in [1.807, 2.05) is 5.32 Å². The molecule has 2 amide bonds. The molecule has 0 saturated carbocycles. The first-order valence-electron chi connectivity index (χ1n) is 7.24. The summed E-state index contributed by atoms with van der Waals surface area (Å²) >= 11 is 7.86. The predicted molar refractivity (Wildman–Crippen MR) is 92.0 cm³/mol. The Morgan fingerprint density at radius 2 is 2.12 bits per heavy atom. The average molecular weight is 408 g/mol. The van der Waals surface area contributed by atoms with E-state index in [0.717, 1.165) is 28.0 Å². The number of thioether (sulfide) groups is 1. The molecule has 3 heterocycles. The van der Waals surface area contributed by atoms with Gasteiger partial charge in [-0.3, -0.25) is 9.59 Å². The Balaban J connectivity index is 1.79. The molecule has 0 radical (unpaired) electrons. The number of thiophene rings is 1. The summed E-state index contributed by atoms with van der Waals surface area (Å²) in [7, 11) is 0. The molecule has 2 aliphatic heterocycles. The van der Waals surface area contributed by atoms with Crippen LogP contribution in [0.15, 0.2) is 12.1 Å². The molecule has 25 heavy (non-hydrogen) atoms. The number of fused-ring (bicyclic) bond motifs is 1. The molecule has 1 aromatic rings. The molecular formula is C14H15ClFN3O4S2. The van der Waals surface area contributed by atoms with Gasteiger partial charge in [-0.25, -0.2) is 9.18 Å². The molecule has 3 rings (SSSR count). The van der Waals surface area contributed by atoms with E-state index in [4.69, 9.17) is 17.3 Å². The van der Waals surface area contributed by atoms with Crippen LogP contribution in [-0.4, -0.2) is 49.7 Å². The van der Waals surface area contributed by atoms with Gasteiger partial charge in [0.15, 0.2) is 0 Å². The predicted octanol–water partition coefficient (Wildman–Crippen LogP) is 1.33. The van der Waals surface area contributed by atoms with E-state index in [2.05, 4.69) is 0 Å². The number of carbonyl (C=O) groups excluding carboxylic acids is 2. The van der Waals surface area contributed by atoms with Crippen molar-refractivity contribution >= 4 is 52.5 Å². The number of carboxylic acid groups (broad SMARTS) is 1. The van der Waals surface area contributed by atoms with Crippen molar-refractivity contribution in [2.45, 2.75) is 41.8 Å². The maximum Gasteiger partial charge on any atom is 0.327 e. The quantitative estimate of drug-likeness (QED) is 0.512. The van der Waals surface area contributed by atoms with E-state index in [-0.39, 0.29) is 0 Å². The Morgan fingerprint density at radius 3 is 2.64 bits per heavy atom. The summed E-state index contributed by atoms with van der Waals surface area (Å²) in [5.41, 5.74) is 5.80. The molecule has 136 valence electrons. The Bertz CT molecular complexity index is 773. The minimum atomic E-state index is -2.68. The Hall–Kier alpha value is -1.36. The summed E-state index contributed by atoms with van der Waals surface area (Å²) in [6.07, 6.45) is 0. The van der Waals surface area contributed by atoms with Crippen LogP contribution in [0.25, 0.3) is 0 Å². The van der Waals surface area contributed by atoms with Gasteiger partial charge < -0.3 is 21.1 Å². The second kappa shape index (κ2) is 5.83. The van der Waals surface area contributed by atoms with Gasteiger partial charge in [-0.05, 0) is 26.0 Å². The highest BCUT2D eigenvalue weighted by Gasteiger charge is 2.73. The molecule has 0 aromatic carbocycles. The van der Waals surface area contributed by atoms with Crippen LogP contribution in [0.4, 0.5) is 4.39 Å². The van der Waals surface area contributed by atoms with Gasteiger partial charge in [-0.2, -0.15) is 0 Å². The Morgan fingerprint density at radius 1 is 1.48 bits per heavy atom.